The van der Waals surface area contributed by atoms with Crippen LogP contribution >= 0.6 is 0 Å². The second-order valence-corrected chi connectivity index (χ2v) is 4.04. The van der Waals surface area contributed by atoms with E-state index in [1.54, 1.807) is 0 Å². The lowest BCUT2D eigenvalue weighted by Gasteiger charge is -2.28. The average molecular weight is 206 g/mol. The molecule has 2 unspecified atom stereocenters. The summed E-state index contributed by atoms with van der Waals surface area (Å²) >= 11 is 0. The topological polar surface area (TPSA) is 15.3 Å². The molecule has 0 bridgehead atoms. The van der Waals surface area contributed by atoms with Gasteiger partial charge in [0.15, 0.2) is 0 Å². The number of hydrogen-bond donors (Lipinski definition) is 1. The van der Waals surface area contributed by atoms with E-state index in [2.05, 4.69) is 12.2 Å². The van der Waals surface area contributed by atoms with Crippen molar-refractivity contribution in [3.8, 4) is 0 Å². The van der Waals surface area contributed by atoms with Crippen LogP contribution in [0.4, 0.5) is 8.78 Å². The Morgan fingerprint density at radius 3 is 2.79 bits per heavy atom. The molecule has 4 heteroatoms. The number of alkyl halides is 2. The van der Waals surface area contributed by atoms with Crippen LogP contribution in [0, 0.1) is 0 Å². The molecule has 1 heterocycles. The summed E-state index contributed by atoms with van der Waals surface area (Å²) in [6.45, 7) is 5.73. The van der Waals surface area contributed by atoms with Gasteiger partial charge in [-0.1, -0.05) is 6.92 Å². The number of nitrogens with zero attached hydrogens (tertiary/aromatic N) is 1. The van der Waals surface area contributed by atoms with Gasteiger partial charge in [-0.3, -0.25) is 4.90 Å². The highest BCUT2D eigenvalue weighted by Gasteiger charge is 2.23. The molecule has 0 aliphatic carbocycles. The largest absolute Gasteiger partial charge is 0.313 e. The van der Waals surface area contributed by atoms with Crippen LogP contribution in [0.5, 0.6) is 0 Å². The van der Waals surface area contributed by atoms with E-state index < -0.39 is 6.43 Å². The predicted octanol–water partition coefficient (Wildman–Crippen LogP) is 1.71. The molecule has 0 aromatic heterocycles. The SMILES string of the molecule is CCC1CN(CC(F)F)C(C)CCN1. The Bertz CT molecular complexity index is 164. The van der Waals surface area contributed by atoms with E-state index in [4.69, 9.17) is 0 Å². The smallest absolute Gasteiger partial charge is 0.251 e. The maximum Gasteiger partial charge on any atom is 0.251 e. The molecule has 0 aromatic rings. The van der Waals surface area contributed by atoms with Crippen LogP contribution in [0.3, 0.4) is 0 Å². The van der Waals surface area contributed by atoms with Gasteiger partial charge >= 0.3 is 0 Å². The van der Waals surface area contributed by atoms with Gasteiger partial charge in [0.1, 0.15) is 0 Å². The lowest BCUT2D eigenvalue weighted by molar-refractivity contribution is 0.0683. The Labute approximate surface area is 84.7 Å². The van der Waals surface area contributed by atoms with E-state index in [0.717, 1.165) is 25.9 Å². The fraction of sp³-hybridized carbons (Fsp3) is 1.00. The van der Waals surface area contributed by atoms with Crippen molar-refractivity contribution in [1.82, 2.24) is 10.2 Å². The first-order valence-electron chi connectivity index (χ1n) is 5.39. The van der Waals surface area contributed by atoms with Gasteiger partial charge in [-0.2, -0.15) is 0 Å². The number of rotatable bonds is 3. The first-order chi connectivity index (χ1) is 6.63. The molecule has 0 amide bonds. The molecular weight excluding hydrogens is 186 g/mol. The summed E-state index contributed by atoms with van der Waals surface area (Å²) in [6, 6.07) is 0.645. The summed E-state index contributed by atoms with van der Waals surface area (Å²) < 4.78 is 24.6. The molecule has 1 saturated heterocycles. The summed E-state index contributed by atoms with van der Waals surface area (Å²) in [4.78, 5) is 1.90. The lowest BCUT2D eigenvalue weighted by Crippen LogP contribution is -2.42. The van der Waals surface area contributed by atoms with Gasteiger partial charge < -0.3 is 5.32 Å². The molecule has 2 nitrogen and oxygen atoms in total. The van der Waals surface area contributed by atoms with Crippen molar-refractivity contribution >= 4 is 0 Å². The van der Waals surface area contributed by atoms with Crippen LogP contribution in [-0.2, 0) is 0 Å². The van der Waals surface area contributed by atoms with E-state index in [-0.39, 0.29) is 12.6 Å². The minimum Gasteiger partial charge on any atom is -0.313 e. The number of nitrogens with one attached hydrogen (secondary N) is 1. The highest BCUT2D eigenvalue weighted by atomic mass is 19.3. The Balaban J connectivity index is 2.49. The van der Waals surface area contributed by atoms with Crippen LogP contribution in [0.25, 0.3) is 0 Å². The van der Waals surface area contributed by atoms with Crippen molar-refractivity contribution in [2.45, 2.75) is 45.2 Å². The van der Waals surface area contributed by atoms with Gasteiger partial charge in [0, 0.05) is 18.6 Å². The molecule has 1 aliphatic rings. The third-order valence-electron chi connectivity index (χ3n) is 2.94. The fourth-order valence-corrected chi connectivity index (χ4v) is 1.91. The van der Waals surface area contributed by atoms with Crippen molar-refractivity contribution in [2.24, 2.45) is 0 Å². The molecule has 1 rings (SSSR count). The zero-order chi connectivity index (χ0) is 10.6. The molecule has 0 spiro atoms. The molecule has 1 fully saturated rings. The number of halogens is 2. The van der Waals surface area contributed by atoms with Gasteiger partial charge in [0.25, 0.3) is 6.43 Å². The molecule has 0 aromatic carbocycles. The van der Waals surface area contributed by atoms with Crippen LogP contribution in [0.2, 0.25) is 0 Å². The molecule has 0 saturated carbocycles. The summed E-state index contributed by atoms with van der Waals surface area (Å²) in [6.07, 6.45) is -0.247. The number of hydrogen-bond acceptors (Lipinski definition) is 2. The zero-order valence-corrected chi connectivity index (χ0v) is 8.97. The van der Waals surface area contributed by atoms with E-state index >= 15 is 0 Å². The summed E-state index contributed by atoms with van der Waals surface area (Å²) in [7, 11) is 0. The molecule has 84 valence electrons. The Kier molecular flexibility index (Phi) is 4.75. The second kappa shape index (κ2) is 5.61. The highest BCUT2D eigenvalue weighted by Crippen LogP contribution is 2.12. The van der Waals surface area contributed by atoms with Crippen molar-refractivity contribution in [3.63, 3.8) is 0 Å². The zero-order valence-electron chi connectivity index (χ0n) is 8.97. The van der Waals surface area contributed by atoms with Crippen molar-refractivity contribution < 1.29 is 8.78 Å². The van der Waals surface area contributed by atoms with Gasteiger partial charge in [0.2, 0.25) is 0 Å². The van der Waals surface area contributed by atoms with Crippen LogP contribution in [-0.4, -0.2) is 43.0 Å². The standard InChI is InChI=1S/C10H20F2N2/c1-3-9-6-14(7-10(11)12)8(2)4-5-13-9/h8-10,13H,3-7H2,1-2H3. The summed E-state index contributed by atoms with van der Waals surface area (Å²) in [5, 5.41) is 3.38. The minimum absolute atomic E-state index is 0.0840. The highest BCUT2D eigenvalue weighted by molar-refractivity contribution is 4.80. The van der Waals surface area contributed by atoms with Crippen molar-refractivity contribution in [1.29, 1.82) is 0 Å². The van der Waals surface area contributed by atoms with E-state index in [0.29, 0.717) is 6.04 Å². The predicted molar refractivity (Wildman–Crippen MR) is 53.7 cm³/mol. The van der Waals surface area contributed by atoms with E-state index in [1.807, 2.05) is 11.8 Å². The monoisotopic (exact) mass is 206 g/mol. The quantitative estimate of drug-likeness (QED) is 0.756. The van der Waals surface area contributed by atoms with Gasteiger partial charge in [0.05, 0.1) is 6.54 Å². The first kappa shape index (κ1) is 11.9. The van der Waals surface area contributed by atoms with Crippen molar-refractivity contribution in [2.75, 3.05) is 19.6 Å². The van der Waals surface area contributed by atoms with E-state index in [9.17, 15) is 8.78 Å². The molecule has 2 atom stereocenters. The Hall–Kier alpha value is -0.220. The molecule has 1 N–H and O–H groups in total. The maximum atomic E-state index is 12.3. The normalized spacial score (nSPS) is 30.6. The maximum absolute atomic E-state index is 12.3. The van der Waals surface area contributed by atoms with Gasteiger partial charge in [-0.05, 0) is 26.3 Å². The fourth-order valence-electron chi connectivity index (χ4n) is 1.91. The Morgan fingerprint density at radius 1 is 1.50 bits per heavy atom. The minimum atomic E-state index is -2.21. The third kappa shape index (κ3) is 3.50. The summed E-state index contributed by atoms with van der Waals surface area (Å²) in [5.41, 5.74) is 0. The summed E-state index contributed by atoms with van der Waals surface area (Å²) in [5.74, 6) is 0. The van der Waals surface area contributed by atoms with Gasteiger partial charge in [-0.15, -0.1) is 0 Å². The third-order valence-corrected chi connectivity index (χ3v) is 2.94. The Morgan fingerprint density at radius 2 is 2.21 bits per heavy atom. The molecule has 0 radical (unpaired) electrons. The second-order valence-electron chi connectivity index (χ2n) is 4.04. The van der Waals surface area contributed by atoms with Crippen LogP contribution in [0.15, 0.2) is 0 Å². The van der Waals surface area contributed by atoms with Crippen LogP contribution in [0.1, 0.15) is 26.7 Å². The molecule has 14 heavy (non-hydrogen) atoms. The average Bonchev–Trinajstić information content (AvgIpc) is 2.28. The van der Waals surface area contributed by atoms with Crippen molar-refractivity contribution in [3.05, 3.63) is 0 Å². The van der Waals surface area contributed by atoms with Gasteiger partial charge in [-0.25, -0.2) is 8.78 Å². The van der Waals surface area contributed by atoms with E-state index in [1.165, 1.54) is 0 Å². The first-order valence-corrected chi connectivity index (χ1v) is 5.39. The molecule has 1 aliphatic heterocycles. The molecular formula is C10H20F2N2. The van der Waals surface area contributed by atoms with Crippen LogP contribution < -0.4 is 5.32 Å². The lowest BCUT2D eigenvalue weighted by atomic mass is 10.2.